The summed E-state index contributed by atoms with van der Waals surface area (Å²) in [5.74, 6) is 0. The van der Waals surface area contributed by atoms with Gasteiger partial charge in [0.15, 0.2) is 0 Å². The van der Waals surface area contributed by atoms with Gasteiger partial charge in [-0.2, -0.15) is 0 Å². The molecular weight excluding hydrogens is 212 g/mol. The van der Waals surface area contributed by atoms with E-state index in [0.29, 0.717) is 6.10 Å². The molecule has 1 aliphatic rings. The van der Waals surface area contributed by atoms with Gasteiger partial charge in [-0.25, -0.2) is 0 Å². The first kappa shape index (κ1) is 14.9. The summed E-state index contributed by atoms with van der Waals surface area (Å²) in [5.41, 5.74) is 6.23. The topological polar surface area (TPSA) is 38.5 Å². The van der Waals surface area contributed by atoms with Crippen molar-refractivity contribution in [3.8, 4) is 0 Å². The Morgan fingerprint density at radius 1 is 1.41 bits per heavy atom. The zero-order valence-corrected chi connectivity index (χ0v) is 11.9. The monoisotopic (exact) mass is 242 g/mol. The van der Waals surface area contributed by atoms with Gasteiger partial charge in [-0.15, -0.1) is 0 Å². The molecule has 0 radical (unpaired) electrons. The Morgan fingerprint density at radius 2 is 2.18 bits per heavy atom. The Kier molecular flexibility index (Phi) is 6.45. The van der Waals surface area contributed by atoms with E-state index in [2.05, 4.69) is 25.8 Å². The number of likely N-dealkylation sites (N-methyl/N-ethyl adjacent to an activating group) is 1. The lowest BCUT2D eigenvalue weighted by Crippen LogP contribution is -2.53. The summed E-state index contributed by atoms with van der Waals surface area (Å²) in [6, 6.07) is 0. The third kappa shape index (κ3) is 3.94. The molecule has 2 atom stereocenters. The first-order valence-electron chi connectivity index (χ1n) is 7.21. The van der Waals surface area contributed by atoms with Gasteiger partial charge in [-0.1, -0.05) is 26.7 Å². The number of hydrogen-bond donors (Lipinski definition) is 1. The van der Waals surface area contributed by atoms with E-state index >= 15 is 0 Å². The van der Waals surface area contributed by atoms with Crippen LogP contribution in [-0.4, -0.2) is 43.3 Å². The lowest BCUT2D eigenvalue weighted by Gasteiger charge is -2.42. The van der Waals surface area contributed by atoms with Crippen molar-refractivity contribution >= 4 is 0 Å². The second kappa shape index (κ2) is 7.34. The molecule has 1 aliphatic heterocycles. The highest BCUT2D eigenvalue weighted by atomic mass is 16.5. The summed E-state index contributed by atoms with van der Waals surface area (Å²) in [6.07, 6.45) is 7.71. The van der Waals surface area contributed by atoms with Gasteiger partial charge < -0.3 is 10.5 Å². The molecular formula is C14H30N2O. The van der Waals surface area contributed by atoms with Crippen molar-refractivity contribution in [1.29, 1.82) is 0 Å². The second-order valence-electron chi connectivity index (χ2n) is 5.40. The van der Waals surface area contributed by atoms with Crippen molar-refractivity contribution < 1.29 is 4.74 Å². The van der Waals surface area contributed by atoms with E-state index in [0.717, 1.165) is 26.1 Å². The predicted molar refractivity (Wildman–Crippen MR) is 73.2 cm³/mol. The average molecular weight is 242 g/mol. The molecule has 0 spiro atoms. The van der Waals surface area contributed by atoms with Gasteiger partial charge >= 0.3 is 0 Å². The fourth-order valence-corrected chi connectivity index (χ4v) is 2.83. The molecule has 1 heterocycles. The molecule has 0 aromatic heterocycles. The van der Waals surface area contributed by atoms with E-state index in [4.69, 9.17) is 10.5 Å². The molecule has 0 bridgehead atoms. The lowest BCUT2D eigenvalue weighted by molar-refractivity contribution is 0.0305. The first-order chi connectivity index (χ1) is 8.18. The van der Waals surface area contributed by atoms with Crippen molar-refractivity contribution in [3.63, 3.8) is 0 Å². The number of rotatable bonds is 8. The van der Waals surface area contributed by atoms with Crippen LogP contribution in [0.15, 0.2) is 0 Å². The molecule has 0 amide bonds. The van der Waals surface area contributed by atoms with Gasteiger partial charge in [-0.05, 0) is 32.7 Å². The highest BCUT2D eigenvalue weighted by Gasteiger charge is 2.32. The highest BCUT2D eigenvalue weighted by Crippen LogP contribution is 2.26. The molecule has 17 heavy (non-hydrogen) atoms. The van der Waals surface area contributed by atoms with Gasteiger partial charge in [0.1, 0.15) is 0 Å². The third-order valence-electron chi connectivity index (χ3n) is 4.35. The van der Waals surface area contributed by atoms with Crippen LogP contribution in [0.5, 0.6) is 0 Å². The van der Waals surface area contributed by atoms with E-state index in [1.807, 2.05) is 0 Å². The van der Waals surface area contributed by atoms with Crippen LogP contribution in [-0.2, 0) is 4.74 Å². The van der Waals surface area contributed by atoms with Crippen LogP contribution in [0.4, 0.5) is 0 Å². The molecule has 1 rings (SSSR count). The molecule has 0 aliphatic carbocycles. The van der Waals surface area contributed by atoms with Crippen LogP contribution in [0.3, 0.4) is 0 Å². The van der Waals surface area contributed by atoms with E-state index in [9.17, 15) is 0 Å². The summed E-state index contributed by atoms with van der Waals surface area (Å²) < 4.78 is 5.73. The van der Waals surface area contributed by atoms with Crippen LogP contribution in [0.25, 0.3) is 0 Å². The Balaban J connectivity index is 2.53. The van der Waals surface area contributed by atoms with E-state index in [1.54, 1.807) is 0 Å². The van der Waals surface area contributed by atoms with Gasteiger partial charge in [-0.3, -0.25) is 4.90 Å². The summed E-state index contributed by atoms with van der Waals surface area (Å²) in [6.45, 7) is 7.24. The fourth-order valence-electron chi connectivity index (χ4n) is 2.83. The predicted octanol–water partition coefficient (Wildman–Crippen LogP) is 2.39. The van der Waals surface area contributed by atoms with Gasteiger partial charge in [0, 0.05) is 25.2 Å². The standard InChI is InChI=1S/C14H30N2O/c1-4-6-9-14(5-2,12-15)16(3)11-13-8-7-10-17-13/h13H,4-12,15H2,1-3H3. The van der Waals surface area contributed by atoms with Gasteiger partial charge in [0.05, 0.1) is 6.10 Å². The number of hydrogen-bond acceptors (Lipinski definition) is 3. The average Bonchev–Trinajstić information content (AvgIpc) is 2.84. The minimum atomic E-state index is 0.182. The van der Waals surface area contributed by atoms with Crippen molar-refractivity contribution in [1.82, 2.24) is 4.90 Å². The van der Waals surface area contributed by atoms with Crippen LogP contribution in [0.2, 0.25) is 0 Å². The van der Waals surface area contributed by atoms with Crippen LogP contribution in [0, 0.1) is 0 Å². The minimum Gasteiger partial charge on any atom is -0.377 e. The molecule has 102 valence electrons. The molecule has 0 aromatic rings. The zero-order valence-electron chi connectivity index (χ0n) is 11.9. The van der Waals surface area contributed by atoms with E-state index in [-0.39, 0.29) is 5.54 Å². The zero-order chi connectivity index (χ0) is 12.7. The minimum absolute atomic E-state index is 0.182. The molecule has 0 saturated carbocycles. The molecule has 3 nitrogen and oxygen atoms in total. The van der Waals surface area contributed by atoms with Crippen molar-refractivity contribution in [2.24, 2.45) is 5.73 Å². The summed E-state index contributed by atoms with van der Waals surface area (Å²) in [7, 11) is 2.22. The van der Waals surface area contributed by atoms with Crippen LogP contribution < -0.4 is 5.73 Å². The Labute approximate surface area is 107 Å². The second-order valence-corrected chi connectivity index (χ2v) is 5.40. The lowest BCUT2D eigenvalue weighted by atomic mass is 9.87. The third-order valence-corrected chi connectivity index (χ3v) is 4.35. The smallest absolute Gasteiger partial charge is 0.0702 e. The van der Waals surface area contributed by atoms with Crippen molar-refractivity contribution in [3.05, 3.63) is 0 Å². The maximum atomic E-state index is 6.05. The SMILES string of the molecule is CCCCC(CC)(CN)N(C)CC1CCCO1. The summed E-state index contributed by atoms with van der Waals surface area (Å²) in [4.78, 5) is 2.46. The van der Waals surface area contributed by atoms with Gasteiger partial charge in [0.2, 0.25) is 0 Å². The molecule has 2 N–H and O–H groups in total. The maximum Gasteiger partial charge on any atom is 0.0702 e. The quantitative estimate of drug-likeness (QED) is 0.710. The normalized spacial score (nSPS) is 24.2. The Morgan fingerprint density at radius 3 is 2.65 bits per heavy atom. The molecule has 3 heteroatoms. The first-order valence-corrected chi connectivity index (χ1v) is 7.21. The molecule has 1 fully saturated rings. The summed E-state index contributed by atoms with van der Waals surface area (Å²) in [5, 5.41) is 0. The van der Waals surface area contributed by atoms with Crippen molar-refractivity contribution in [2.75, 3.05) is 26.7 Å². The number of ether oxygens (including phenoxy) is 1. The highest BCUT2D eigenvalue weighted by molar-refractivity contribution is 4.90. The number of nitrogens with two attached hydrogens (primary N) is 1. The Hall–Kier alpha value is -0.120. The molecule has 2 unspecified atom stereocenters. The Bertz CT molecular complexity index is 198. The van der Waals surface area contributed by atoms with Crippen LogP contribution >= 0.6 is 0 Å². The van der Waals surface area contributed by atoms with E-state index in [1.165, 1.54) is 32.1 Å². The maximum absolute atomic E-state index is 6.05. The van der Waals surface area contributed by atoms with Crippen LogP contribution in [0.1, 0.15) is 52.4 Å². The number of unbranched alkanes of at least 4 members (excludes halogenated alkanes) is 1. The van der Waals surface area contributed by atoms with Gasteiger partial charge in [0.25, 0.3) is 0 Å². The fraction of sp³-hybridized carbons (Fsp3) is 1.00. The largest absolute Gasteiger partial charge is 0.377 e. The van der Waals surface area contributed by atoms with Crippen molar-refractivity contribution in [2.45, 2.75) is 64.0 Å². The molecule has 0 aromatic carbocycles. The summed E-state index contributed by atoms with van der Waals surface area (Å²) >= 11 is 0. The molecule has 1 saturated heterocycles. The van der Waals surface area contributed by atoms with E-state index < -0.39 is 0 Å². The number of nitrogens with zero attached hydrogens (tertiary/aromatic N) is 1.